The number of anilines is 1. The molecule has 0 bridgehead atoms. The van der Waals surface area contributed by atoms with Gasteiger partial charge in [0.15, 0.2) is 0 Å². The second-order valence-electron chi connectivity index (χ2n) is 5.96. The zero-order chi connectivity index (χ0) is 16.2. The molecule has 0 amide bonds. The van der Waals surface area contributed by atoms with Gasteiger partial charge in [-0.25, -0.2) is 13.1 Å². The van der Waals surface area contributed by atoms with Gasteiger partial charge in [0, 0.05) is 18.8 Å². The molecule has 1 aromatic rings. The van der Waals surface area contributed by atoms with E-state index in [-0.39, 0.29) is 6.04 Å². The lowest BCUT2D eigenvalue weighted by molar-refractivity contribution is 0.445. The first-order chi connectivity index (χ1) is 9.71. The molecule has 1 aromatic carbocycles. The van der Waals surface area contributed by atoms with E-state index in [1.807, 2.05) is 40.0 Å². The van der Waals surface area contributed by atoms with Gasteiger partial charge in [0.2, 0.25) is 10.0 Å². The molecule has 0 radical (unpaired) electrons. The van der Waals surface area contributed by atoms with E-state index in [4.69, 9.17) is 0 Å². The Morgan fingerprint density at radius 2 is 1.67 bits per heavy atom. The molecule has 0 spiro atoms. The summed E-state index contributed by atoms with van der Waals surface area (Å²) in [5.41, 5.74) is 2.46. The molecule has 4 nitrogen and oxygen atoms in total. The van der Waals surface area contributed by atoms with Gasteiger partial charge in [0.1, 0.15) is 0 Å². The SMILES string of the molecule is CCC(C)CC(C)NS(=O)(=O)c1c(C)cc(NC)cc1C. The van der Waals surface area contributed by atoms with Crippen LogP contribution in [0.15, 0.2) is 17.0 Å². The third-order valence-corrected chi connectivity index (χ3v) is 5.72. The lowest BCUT2D eigenvalue weighted by atomic mass is 10.0. The van der Waals surface area contributed by atoms with Crippen molar-refractivity contribution in [3.8, 4) is 0 Å². The summed E-state index contributed by atoms with van der Waals surface area (Å²) in [6.07, 6.45) is 1.91. The summed E-state index contributed by atoms with van der Waals surface area (Å²) in [5, 5.41) is 3.05. The Morgan fingerprint density at radius 1 is 1.14 bits per heavy atom. The normalized spacial score (nSPS) is 14.8. The number of hydrogen-bond acceptors (Lipinski definition) is 3. The van der Waals surface area contributed by atoms with E-state index in [0.29, 0.717) is 10.8 Å². The molecule has 0 aliphatic heterocycles. The van der Waals surface area contributed by atoms with Crippen LogP contribution in [0.2, 0.25) is 0 Å². The van der Waals surface area contributed by atoms with Gasteiger partial charge in [0.05, 0.1) is 4.90 Å². The van der Waals surface area contributed by atoms with E-state index in [1.54, 1.807) is 0 Å². The second-order valence-corrected chi connectivity index (χ2v) is 7.61. The number of hydrogen-bond donors (Lipinski definition) is 2. The average Bonchev–Trinajstić information content (AvgIpc) is 2.36. The summed E-state index contributed by atoms with van der Waals surface area (Å²) in [6, 6.07) is 3.66. The molecule has 2 unspecified atom stereocenters. The Hall–Kier alpha value is -1.07. The molecule has 120 valence electrons. The van der Waals surface area contributed by atoms with Gasteiger partial charge in [-0.3, -0.25) is 0 Å². The van der Waals surface area contributed by atoms with Crippen molar-refractivity contribution in [2.75, 3.05) is 12.4 Å². The van der Waals surface area contributed by atoms with Gasteiger partial charge >= 0.3 is 0 Å². The van der Waals surface area contributed by atoms with E-state index >= 15 is 0 Å². The minimum absolute atomic E-state index is 0.0623. The van der Waals surface area contributed by atoms with Crippen molar-refractivity contribution in [3.63, 3.8) is 0 Å². The van der Waals surface area contributed by atoms with Gasteiger partial charge in [0.25, 0.3) is 0 Å². The number of aryl methyl sites for hydroxylation is 2. The van der Waals surface area contributed by atoms with Crippen molar-refractivity contribution >= 4 is 15.7 Å². The first kappa shape index (κ1) is 18.0. The van der Waals surface area contributed by atoms with E-state index in [9.17, 15) is 8.42 Å². The summed E-state index contributed by atoms with van der Waals surface area (Å²) >= 11 is 0. The summed E-state index contributed by atoms with van der Waals surface area (Å²) in [4.78, 5) is 0.400. The Balaban J connectivity index is 3.03. The molecule has 0 fully saturated rings. The van der Waals surface area contributed by atoms with Crippen molar-refractivity contribution in [3.05, 3.63) is 23.3 Å². The molecule has 0 aromatic heterocycles. The molecule has 2 N–H and O–H groups in total. The van der Waals surface area contributed by atoms with E-state index in [2.05, 4.69) is 23.9 Å². The first-order valence-corrected chi connectivity index (χ1v) is 9.00. The molecular formula is C16H28N2O2S. The predicted octanol–water partition coefficient (Wildman–Crippen LogP) is 3.45. The highest BCUT2D eigenvalue weighted by Gasteiger charge is 2.22. The van der Waals surface area contributed by atoms with Crippen LogP contribution in [0.5, 0.6) is 0 Å². The predicted molar refractivity (Wildman–Crippen MR) is 89.3 cm³/mol. The summed E-state index contributed by atoms with van der Waals surface area (Å²) < 4.78 is 28.1. The highest BCUT2D eigenvalue weighted by Crippen LogP contribution is 2.25. The molecule has 0 aliphatic carbocycles. The van der Waals surface area contributed by atoms with Crippen LogP contribution in [0, 0.1) is 19.8 Å². The number of nitrogens with one attached hydrogen (secondary N) is 2. The summed E-state index contributed by atoms with van der Waals surface area (Å²) in [5.74, 6) is 0.511. The Labute approximate surface area is 129 Å². The van der Waals surface area contributed by atoms with Crippen molar-refractivity contribution in [1.82, 2.24) is 4.72 Å². The minimum atomic E-state index is -3.48. The van der Waals surface area contributed by atoms with Gasteiger partial charge in [-0.2, -0.15) is 0 Å². The number of benzene rings is 1. The number of rotatable bonds is 7. The van der Waals surface area contributed by atoms with Gasteiger partial charge in [-0.05, 0) is 56.4 Å². The summed E-state index contributed by atoms with van der Waals surface area (Å²) in [6.45, 7) is 9.86. The zero-order valence-corrected chi connectivity index (χ0v) is 14.8. The largest absolute Gasteiger partial charge is 0.388 e. The average molecular weight is 312 g/mol. The fourth-order valence-corrected chi connectivity index (χ4v) is 4.37. The fourth-order valence-electron chi connectivity index (χ4n) is 2.66. The van der Waals surface area contributed by atoms with Crippen LogP contribution >= 0.6 is 0 Å². The van der Waals surface area contributed by atoms with Crippen LogP contribution in [0.4, 0.5) is 5.69 Å². The van der Waals surface area contributed by atoms with Crippen molar-refractivity contribution in [2.24, 2.45) is 5.92 Å². The Morgan fingerprint density at radius 3 is 2.10 bits per heavy atom. The van der Waals surface area contributed by atoms with E-state index in [0.717, 1.165) is 29.7 Å². The third-order valence-electron chi connectivity index (χ3n) is 3.83. The molecular weight excluding hydrogens is 284 g/mol. The molecule has 0 saturated heterocycles. The first-order valence-electron chi connectivity index (χ1n) is 7.52. The lowest BCUT2D eigenvalue weighted by Crippen LogP contribution is -2.34. The zero-order valence-electron chi connectivity index (χ0n) is 13.9. The van der Waals surface area contributed by atoms with E-state index < -0.39 is 10.0 Å². The monoisotopic (exact) mass is 312 g/mol. The van der Waals surface area contributed by atoms with Crippen LogP contribution in [-0.2, 0) is 10.0 Å². The van der Waals surface area contributed by atoms with Gasteiger partial charge < -0.3 is 5.32 Å². The van der Waals surface area contributed by atoms with Crippen molar-refractivity contribution < 1.29 is 8.42 Å². The van der Waals surface area contributed by atoms with Crippen LogP contribution in [0.1, 0.15) is 44.7 Å². The van der Waals surface area contributed by atoms with Crippen LogP contribution < -0.4 is 10.0 Å². The third kappa shape index (κ3) is 4.71. The minimum Gasteiger partial charge on any atom is -0.388 e. The fraction of sp³-hybridized carbons (Fsp3) is 0.625. The molecule has 1 rings (SSSR count). The Kier molecular flexibility index (Phi) is 6.23. The Bertz CT molecular complexity index is 559. The quantitative estimate of drug-likeness (QED) is 0.811. The number of sulfonamides is 1. The lowest BCUT2D eigenvalue weighted by Gasteiger charge is -2.20. The maximum atomic E-state index is 12.6. The van der Waals surface area contributed by atoms with E-state index in [1.165, 1.54) is 0 Å². The van der Waals surface area contributed by atoms with Gasteiger partial charge in [-0.1, -0.05) is 20.3 Å². The molecule has 0 heterocycles. The van der Waals surface area contributed by atoms with Crippen molar-refractivity contribution in [2.45, 2.75) is 58.4 Å². The van der Waals surface area contributed by atoms with Crippen LogP contribution in [0.3, 0.4) is 0 Å². The standard InChI is InChI=1S/C16H28N2O2S/c1-7-11(2)8-14(5)18-21(19,20)16-12(3)9-15(17-6)10-13(16)4/h9-11,14,17-18H,7-8H2,1-6H3. The van der Waals surface area contributed by atoms with Crippen molar-refractivity contribution in [1.29, 1.82) is 0 Å². The molecule has 21 heavy (non-hydrogen) atoms. The highest BCUT2D eigenvalue weighted by molar-refractivity contribution is 7.89. The van der Waals surface area contributed by atoms with Crippen LogP contribution in [0.25, 0.3) is 0 Å². The topological polar surface area (TPSA) is 58.2 Å². The smallest absolute Gasteiger partial charge is 0.241 e. The highest BCUT2D eigenvalue weighted by atomic mass is 32.2. The second kappa shape index (κ2) is 7.27. The molecule has 5 heteroatoms. The molecule has 0 saturated carbocycles. The molecule has 0 aliphatic rings. The maximum absolute atomic E-state index is 12.6. The van der Waals surface area contributed by atoms with Gasteiger partial charge in [-0.15, -0.1) is 0 Å². The summed E-state index contributed by atoms with van der Waals surface area (Å²) in [7, 11) is -1.65. The maximum Gasteiger partial charge on any atom is 0.241 e. The molecule has 2 atom stereocenters. The van der Waals surface area contributed by atoms with Crippen LogP contribution in [-0.4, -0.2) is 21.5 Å².